The molecule has 4 rings (SSSR count). The Hall–Kier alpha value is -2.48. The van der Waals surface area contributed by atoms with Crippen LogP contribution in [-0.2, 0) is 37.8 Å². The van der Waals surface area contributed by atoms with E-state index in [0.29, 0.717) is 13.0 Å². The number of aromatic nitrogens is 5. The van der Waals surface area contributed by atoms with Gasteiger partial charge in [0.05, 0.1) is 6.42 Å². The molecule has 0 atom stereocenters. The van der Waals surface area contributed by atoms with Crippen LogP contribution in [0.5, 0.6) is 0 Å². The molecular weight excluding hydrogens is 336 g/mol. The summed E-state index contributed by atoms with van der Waals surface area (Å²) in [4.78, 5) is 14.6. The lowest BCUT2D eigenvalue weighted by molar-refractivity contribution is -0.131. The van der Waals surface area contributed by atoms with E-state index in [9.17, 15) is 4.79 Å². The molecule has 0 fully saturated rings. The van der Waals surface area contributed by atoms with Crippen LogP contribution in [0.3, 0.4) is 0 Å². The summed E-state index contributed by atoms with van der Waals surface area (Å²) in [6, 6.07) is 2.01. The molecule has 0 aromatic carbocycles. The maximum absolute atomic E-state index is 12.7. The minimum Gasteiger partial charge on any atom is -0.338 e. The largest absolute Gasteiger partial charge is 0.338 e. The zero-order valence-corrected chi connectivity index (χ0v) is 15.2. The molecule has 1 amide bonds. The van der Waals surface area contributed by atoms with Crippen molar-refractivity contribution >= 4 is 17.2 Å². The van der Waals surface area contributed by atoms with E-state index in [2.05, 4.69) is 22.2 Å². The van der Waals surface area contributed by atoms with Crippen molar-refractivity contribution in [2.75, 3.05) is 6.54 Å². The smallest absolute Gasteiger partial charge is 0.227 e. The fraction of sp³-hybridized carbons (Fsp3) is 0.412. The van der Waals surface area contributed by atoms with Gasteiger partial charge in [0, 0.05) is 44.4 Å². The number of nitrogens with zero attached hydrogens (tertiary/aromatic N) is 6. The Morgan fingerprint density at radius 2 is 2.28 bits per heavy atom. The van der Waals surface area contributed by atoms with Crippen molar-refractivity contribution in [3.8, 4) is 11.5 Å². The lowest BCUT2D eigenvalue weighted by Gasteiger charge is -2.27. The summed E-state index contributed by atoms with van der Waals surface area (Å²) in [5.74, 6) is 0.933. The van der Waals surface area contributed by atoms with Gasteiger partial charge in [0.1, 0.15) is 12.0 Å². The third-order valence-corrected chi connectivity index (χ3v) is 5.43. The zero-order valence-electron chi connectivity index (χ0n) is 14.3. The van der Waals surface area contributed by atoms with Crippen LogP contribution < -0.4 is 0 Å². The highest BCUT2D eigenvalue weighted by molar-refractivity contribution is 7.08. The van der Waals surface area contributed by atoms with E-state index < -0.39 is 0 Å². The first-order valence-electron chi connectivity index (χ1n) is 8.39. The van der Waals surface area contributed by atoms with Gasteiger partial charge >= 0.3 is 0 Å². The second kappa shape index (κ2) is 6.44. The van der Waals surface area contributed by atoms with Crippen LogP contribution in [0.4, 0.5) is 0 Å². The Kier molecular flexibility index (Phi) is 4.12. The van der Waals surface area contributed by atoms with Crippen molar-refractivity contribution < 1.29 is 4.79 Å². The molecule has 0 N–H and O–H groups in total. The molecule has 4 heterocycles. The highest BCUT2D eigenvalue weighted by Crippen LogP contribution is 2.29. The van der Waals surface area contributed by atoms with Gasteiger partial charge < -0.3 is 9.47 Å². The molecule has 0 unspecified atom stereocenters. The Balaban J connectivity index is 1.63. The molecule has 130 valence electrons. The summed E-state index contributed by atoms with van der Waals surface area (Å²) < 4.78 is 3.90. The summed E-state index contributed by atoms with van der Waals surface area (Å²) in [5.41, 5.74) is 4.19. The SMILES string of the molecule is CCn1cnnc1-c1nn(C)c2c1CN(C(=O)Cc1ccsc1)CC2. The van der Waals surface area contributed by atoms with Crippen LogP contribution in [0.15, 0.2) is 23.2 Å². The van der Waals surface area contributed by atoms with Crippen LogP contribution in [0.25, 0.3) is 11.5 Å². The molecule has 0 saturated carbocycles. The fourth-order valence-corrected chi connectivity index (χ4v) is 4.00. The van der Waals surface area contributed by atoms with Gasteiger partial charge in [-0.1, -0.05) is 0 Å². The van der Waals surface area contributed by atoms with E-state index in [-0.39, 0.29) is 5.91 Å². The summed E-state index contributed by atoms with van der Waals surface area (Å²) in [6.07, 6.45) is 2.99. The van der Waals surface area contributed by atoms with E-state index in [1.807, 2.05) is 38.0 Å². The van der Waals surface area contributed by atoms with Crippen molar-refractivity contribution in [1.29, 1.82) is 0 Å². The molecule has 0 bridgehead atoms. The number of fused-ring (bicyclic) bond motifs is 1. The van der Waals surface area contributed by atoms with Crippen molar-refractivity contribution in [3.63, 3.8) is 0 Å². The molecule has 25 heavy (non-hydrogen) atoms. The molecule has 3 aromatic rings. The van der Waals surface area contributed by atoms with E-state index in [1.165, 1.54) is 5.69 Å². The lowest BCUT2D eigenvalue weighted by Crippen LogP contribution is -2.37. The molecule has 0 saturated heterocycles. The van der Waals surface area contributed by atoms with Crippen molar-refractivity contribution in [1.82, 2.24) is 29.4 Å². The molecule has 1 aliphatic rings. The van der Waals surface area contributed by atoms with Crippen molar-refractivity contribution in [2.24, 2.45) is 7.05 Å². The summed E-state index contributed by atoms with van der Waals surface area (Å²) in [7, 11) is 1.96. The molecule has 0 radical (unpaired) electrons. The van der Waals surface area contributed by atoms with Gasteiger partial charge in [0.15, 0.2) is 5.82 Å². The molecule has 0 aliphatic carbocycles. The molecule has 7 nitrogen and oxygen atoms in total. The predicted molar refractivity (Wildman–Crippen MR) is 95.0 cm³/mol. The Bertz CT molecular complexity index is 895. The second-order valence-electron chi connectivity index (χ2n) is 6.21. The maximum atomic E-state index is 12.7. The number of carbonyl (C=O) groups is 1. The molecular formula is C17H20N6OS. The Morgan fingerprint density at radius 1 is 1.40 bits per heavy atom. The van der Waals surface area contributed by atoms with E-state index in [0.717, 1.165) is 42.2 Å². The third-order valence-electron chi connectivity index (χ3n) is 4.70. The van der Waals surface area contributed by atoms with Crippen molar-refractivity contribution in [3.05, 3.63) is 40.0 Å². The normalized spacial score (nSPS) is 13.9. The summed E-state index contributed by atoms with van der Waals surface area (Å²) >= 11 is 1.62. The van der Waals surface area contributed by atoms with Gasteiger partial charge in [0.25, 0.3) is 0 Å². The Labute approximate surface area is 149 Å². The average molecular weight is 356 g/mol. The standard InChI is InChI=1S/C17H20N6OS/c1-3-22-11-18-19-17(22)16-13-9-23(6-4-14(13)21(2)20-16)15(24)8-12-5-7-25-10-12/h5,7,10-11H,3-4,6,8-9H2,1-2H3. The number of rotatable bonds is 4. The third kappa shape index (κ3) is 2.86. The molecule has 1 aliphatic heterocycles. The van der Waals surface area contributed by atoms with Gasteiger partial charge in [-0.3, -0.25) is 9.48 Å². The van der Waals surface area contributed by atoms with Gasteiger partial charge in [0.2, 0.25) is 5.91 Å². The van der Waals surface area contributed by atoms with Crippen molar-refractivity contribution in [2.45, 2.75) is 32.9 Å². The highest BCUT2D eigenvalue weighted by atomic mass is 32.1. The van der Waals surface area contributed by atoms with Crippen LogP contribution in [0, 0.1) is 0 Å². The van der Waals surface area contributed by atoms with Gasteiger partial charge in [-0.2, -0.15) is 16.4 Å². The van der Waals surface area contributed by atoms with Gasteiger partial charge in [-0.15, -0.1) is 10.2 Å². The molecule has 3 aromatic heterocycles. The maximum Gasteiger partial charge on any atom is 0.227 e. The fourth-order valence-electron chi connectivity index (χ4n) is 3.33. The number of hydrogen-bond acceptors (Lipinski definition) is 5. The minimum atomic E-state index is 0.163. The second-order valence-corrected chi connectivity index (χ2v) is 6.99. The Morgan fingerprint density at radius 3 is 3.04 bits per heavy atom. The minimum absolute atomic E-state index is 0.163. The summed E-state index contributed by atoms with van der Waals surface area (Å²) in [6.45, 7) is 4.15. The topological polar surface area (TPSA) is 68.8 Å². The number of thiophene rings is 1. The van der Waals surface area contributed by atoms with Gasteiger partial charge in [-0.25, -0.2) is 0 Å². The van der Waals surface area contributed by atoms with Crippen LogP contribution in [-0.4, -0.2) is 41.9 Å². The number of aryl methyl sites for hydroxylation is 2. The molecule has 0 spiro atoms. The number of amides is 1. The quantitative estimate of drug-likeness (QED) is 0.716. The zero-order chi connectivity index (χ0) is 17.4. The van der Waals surface area contributed by atoms with E-state index in [1.54, 1.807) is 17.7 Å². The van der Waals surface area contributed by atoms with Crippen LogP contribution in [0.2, 0.25) is 0 Å². The first kappa shape index (κ1) is 16.0. The molecule has 8 heteroatoms. The average Bonchev–Trinajstić information content (AvgIpc) is 3.34. The van der Waals surface area contributed by atoms with E-state index in [4.69, 9.17) is 0 Å². The predicted octanol–water partition coefficient (Wildman–Crippen LogP) is 1.89. The summed E-state index contributed by atoms with van der Waals surface area (Å²) in [5, 5.41) is 17.0. The van der Waals surface area contributed by atoms with Gasteiger partial charge in [-0.05, 0) is 29.3 Å². The van der Waals surface area contributed by atoms with E-state index >= 15 is 0 Å². The van der Waals surface area contributed by atoms with Crippen LogP contribution in [0.1, 0.15) is 23.7 Å². The van der Waals surface area contributed by atoms with Crippen LogP contribution >= 0.6 is 11.3 Å². The number of carbonyl (C=O) groups excluding carboxylic acids is 1. The number of hydrogen-bond donors (Lipinski definition) is 0. The monoisotopic (exact) mass is 356 g/mol. The highest BCUT2D eigenvalue weighted by Gasteiger charge is 2.28. The lowest BCUT2D eigenvalue weighted by atomic mass is 10.0. The first-order chi connectivity index (χ1) is 12.2. The first-order valence-corrected chi connectivity index (χ1v) is 9.33.